The maximum absolute atomic E-state index is 12.4. The van der Waals surface area contributed by atoms with Crippen LogP contribution in [-0.4, -0.2) is 34.2 Å². The Morgan fingerprint density at radius 1 is 0.579 bits per heavy atom. The summed E-state index contributed by atoms with van der Waals surface area (Å²) in [5.41, 5.74) is 1.92. The number of hydrogen-bond acceptors (Lipinski definition) is 6. The van der Waals surface area contributed by atoms with E-state index < -0.39 is 0 Å². The van der Waals surface area contributed by atoms with Gasteiger partial charge in [0.25, 0.3) is 0 Å². The maximum Gasteiger partial charge on any atom is 0.165 e. The summed E-state index contributed by atoms with van der Waals surface area (Å²) < 4.78 is 0. The van der Waals surface area contributed by atoms with Gasteiger partial charge in [0.15, 0.2) is 11.6 Å². The van der Waals surface area contributed by atoms with Gasteiger partial charge in [0.05, 0.1) is 22.5 Å². The first-order valence-electron chi connectivity index (χ1n) is 11.9. The lowest BCUT2D eigenvalue weighted by atomic mass is 10.1. The number of rotatable bonds is 8. The van der Waals surface area contributed by atoms with Crippen LogP contribution in [0.25, 0.3) is 22.3 Å². The molecule has 0 bridgehead atoms. The van der Waals surface area contributed by atoms with E-state index in [-0.39, 0.29) is 34.2 Å². The number of carbonyl (C=O) groups excluding carboxylic acids is 2. The second kappa shape index (κ2) is 11.8. The Bertz CT molecular complexity index is 1490. The van der Waals surface area contributed by atoms with Gasteiger partial charge in [0.1, 0.15) is 11.5 Å². The first kappa shape index (κ1) is 26.0. The van der Waals surface area contributed by atoms with Crippen molar-refractivity contribution in [2.24, 2.45) is 9.98 Å². The molecule has 6 nitrogen and oxygen atoms in total. The van der Waals surface area contributed by atoms with Crippen LogP contribution in [0.3, 0.4) is 0 Å². The normalized spacial score (nSPS) is 13.0. The monoisotopic (exact) mass is 502 g/mol. The topological polar surface area (TPSA) is 99.3 Å². The summed E-state index contributed by atoms with van der Waals surface area (Å²) in [7, 11) is 0. The number of aliphatic hydroxyl groups excluding tert-OH is 2. The number of Topliss-reactive ketones (excluding diaryl/α,β-unsaturated/α-hetero) is 2. The van der Waals surface area contributed by atoms with E-state index in [4.69, 9.17) is 0 Å². The minimum atomic E-state index is -0.351. The van der Waals surface area contributed by atoms with Crippen LogP contribution in [0.2, 0.25) is 0 Å². The number of carbonyl (C=O) groups is 2. The number of allylic oxidation sites excluding steroid dienone is 2. The summed E-state index contributed by atoms with van der Waals surface area (Å²) in [5.74, 6) is -1.06. The van der Waals surface area contributed by atoms with Gasteiger partial charge in [-0.3, -0.25) is 19.6 Å². The minimum Gasteiger partial charge on any atom is -0.507 e. The van der Waals surface area contributed by atoms with Crippen molar-refractivity contribution in [3.63, 3.8) is 0 Å². The summed E-state index contributed by atoms with van der Waals surface area (Å²) in [5, 5.41) is 23.3. The van der Waals surface area contributed by atoms with E-state index in [1.807, 2.05) is 48.5 Å². The Morgan fingerprint density at radius 2 is 0.921 bits per heavy atom. The fraction of sp³-hybridized carbons (Fsp3) is 0.0625. The smallest absolute Gasteiger partial charge is 0.165 e. The van der Waals surface area contributed by atoms with E-state index in [1.54, 1.807) is 48.5 Å². The Labute approximate surface area is 220 Å². The number of aliphatic hydroxyl groups is 2. The van der Waals surface area contributed by atoms with Gasteiger partial charge >= 0.3 is 0 Å². The lowest BCUT2D eigenvalue weighted by Gasteiger charge is -2.07. The zero-order chi connectivity index (χ0) is 27.1. The van der Waals surface area contributed by atoms with E-state index in [0.29, 0.717) is 22.5 Å². The Hall–Kier alpha value is -5.10. The molecule has 0 heterocycles. The van der Waals surface area contributed by atoms with Crippen molar-refractivity contribution < 1.29 is 19.8 Å². The van der Waals surface area contributed by atoms with Crippen molar-refractivity contribution in [1.29, 1.82) is 0 Å². The predicted molar refractivity (Wildman–Crippen MR) is 154 cm³/mol. The van der Waals surface area contributed by atoms with Gasteiger partial charge in [-0.2, -0.15) is 0 Å². The van der Waals surface area contributed by atoms with Crippen LogP contribution >= 0.6 is 0 Å². The number of benzene rings is 4. The summed E-state index contributed by atoms with van der Waals surface area (Å²) in [4.78, 5) is 33.8. The van der Waals surface area contributed by atoms with Crippen LogP contribution in [-0.2, 0) is 9.59 Å². The van der Waals surface area contributed by atoms with Crippen LogP contribution < -0.4 is 0 Å². The van der Waals surface area contributed by atoms with Gasteiger partial charge in [-0.25, -0.2) is 0 Å². The van der Waals surface area contributed by atoms with Crippen LogP contribution in [0.4, 0.5) is 11.4 Å². The fourth-order valence-corrected chi connectivity index (χ4v) is 3.83. The second-order valence-electron chi connectivity index (χ2n) is 8.57. The molecule has 0 atom stereocenters. The molecule has 0 aliphatic heterocycles. The first-order valence-corrected chi connectivity index (χ1v) is 11.9. The van der Waals surface area contributed by atoms with Crippen LogP contribution in [0.5, 0.6) is 0 Å². The number of hydrogen-bond donors (Lipinski definition) is 2. The molecule has 2 N–H and O–H groups in total. The molecule has 0 aliphatic carbocycles. The third-order valence-electron chi connectivity index (χ3n) is 5.87. The summed E-state index contributed by atoms with van der Waals surface area (Å²) in [6.07, 6.45) is 2.63. The quantitative estimate of drug-likeness (QED) is 0.149. The Balaban J connectivity index is 1.82. The molecule has 4 aromatic rings. The molecule has 188 valence electrons. The molecule has 4 aromatic carbocycles. The van der Waals surface area contributed by atoms with Crippen LogP contribution in [0, 0.1) is 0 Å². The molecule has 0 radical (unpaired) electrons. The average Bonchev–Trinajstić information content (AvgIpc) is 2.93. The van der Waals surface area contributed by atoms with Gasteiger partial charge in [0.2, 0.25) is 0 Å². The van der Waals surface area contributed by atoms with E-state index in [9.17, 15) is 19.8 Å². The summed E-state index contributed by atoms with van der Waals surface area (Å²) >= 11 is 0. The molecule has 0 saturated heterocycles. The zero-order valence-electron chi connectivity index (χ0n) is 21.0. The zero-order valence-corrected chi connectivity index (χ0v) is 21.0. The number of fused-ring (bicyclic) bond motifs is 1. The highest BCUT2D eigenvalue weighted by molar-refractivity contribution is 6.19. The predicted octanol–water partition coefficient (Wildman–Crippen LogP) is 7.36. The molecular formula is C32H26N2O4. The highest BCUT2D eigenvalue weighted by Crippen LogP contribution is 2.33. The molecule has 0 aromatic heterocycles. The molecule has 0 saturated carbocycles. The Kier molecular flexibility index (Phi) is 8.04. The van der Waals surface area contributed by atoms with Crippen LogP contribution in [0.15, 0.2) is 118 Å². The second-order valence-corrected chi connectivity index (χ2v) is 8.57. The lowest BCUT2D eigenvalue weighted by Crippen LogP contribution is -2.03. The van der Waals surface area contributed by atoms with E-state index in [0.717, 1.165) is 10.8 Å². The molecule has 38 heavy (non-hydrogen) atoms. The van der Waals surface area contributed by atoms with Gasteiger partial charge in [-0.1, -0.05) is 84.9 Å². The largest absolute Gasteiger partial charge is 0.507 e. The van der Waals surface area contributed by atoms with Crippen molar-refractivity contribution >= 4 is 57.7 Å². The van der Waals surface area contributed by atoms with Crippen molar-refractivity contribution in [2.45, 2.75) is 13.8 Å². The van der Waals surface area contributed by atoms with E-state index in [2.05, 4.69) is 9.98 Å². The van der Waals surface area contributed by atoms with Gasteiger partial charge in [-0.15, -0.1) is 0 Å². The molecule has 0 unspecified atom stereocenters. The molecule has 0 aliphatic rings. The highest BCUT2D eigenvalue weighted by Gasteiger charge is 2.13. The first-order chi connectivity index (χ1) is 18.3. The lowest BCUT2D eigenvalue weighted by molar-refractivity contribution is -0.114. The summed E-state index contributed by atoms with van der Waals surface area (Å²) in [6, 6.07) is 28.8. The molecule has 4 rings (SSSR count). The van der Waals surface area contributed by atoms with E-state index in [1.165, 1.54) is 26.3 Å². The number of aliphatic imine (C=N–C) groups is 2. The maximum atomic E-state index is 12.4. The third-order valence-corrected chi connectivity index (χ3v) is 5.87. The van der Waals surface area contributed by atoms with Crippen molar-refractivity contribution in [1.82, 2.24) is 0 Å². The summed E-state index contributed by atoms with van der Waals surface area (Å²) in [6.45, 7) is 2.71. The fourth-order valence-electron chi connectivity index (χ4n) is 3.83. The standard InChI is InChI=1S/C32H26N2O4/c1-21(35)27(31(37)23-11-5-3-6-12-23)19-33-29-17-25-15-9-10-16-26(25)18-30(29)34-20-28(22(2)36)32(38)24-13-7-4-8-14-24/h3-20,37-38H,1-2H3. The van der Waals surface area contributed by atoms with E-state index >= 15 is 0 Å². The Morgan fingerprint density at radius 3 is 1.26 bits per heavy atom. The van der Waals surface area contributed by atoms with Crippen LogP contribution in [0.1, 0.15) is 25.0 Å². The molecule has 0 amide bonds. The third kappa shape index (κ3) is 5.99. The molecule has 0 fully saturated rings. The number of nitrogens with zero attached hydrogens (tertiary/aromatic N) is 2. The van der Waals surface area contributed by atoms with Gasteiger partial charge < -0.3 is 10.2 Å². The molecule has 0 spiro atoms. The van der Waals surface area contributed by atoms with Gasteiger partial charge in [-0.05, 0) is 36.8 Å². The average molecular weight is 503 g/mol. The van der Waals surface area contributed by atoms with Gasteiger partial charge in [0, 0.05) is 23.6 Å². The van der Waals surface area contributed by atoms with Crippen molar-refractivity contribution in [3.8, 4) is 0 Å². The van der Waals surface area contributed by atoms with Crippen molar-refractivity contribution in [3.05, 3.63) is 119 Å². The van der Waals surface area contributed by atoms with Crippen molar-refractivity contribution in [2.75, 3.05) is 0 Å². The SMILES string of the molecule is CC(=O)C(C=Nc1cc2ccccc2cc1N=CC(C(C)=O)=C(O)c1ccccc1)=C(O)c1ccccc1. The highest BCUT2D eigenvalue weighted by atomic mass is 16.3. The minimum absolute atomic E-state index is 0.0466. The number of ketones is 2. The molecular weight excluding hydrogens is 476 g/mol. The molecule has 6 heteroatoms.